The highest BCUT2D eigenvalue weighted by molar-refractivity contribution is 9.10. The largest absolute Gasteiger partial charge is 0.394 e. The smallest absolute Gasteiger partial charge is 0.0932 e. The van der Waals surface area contributed by atoms with Crippen LogP contribution in [0.4, 0.5) is 0 Å². The summed E-state index contributed by atoms with van der Waals surface area (Å²) in [5.41, 5.74) is 7.37. The Hall–Kier alpha value is -0.460. The molecule has 1 aliphatic rings. The minimum Gasteiger partial charge on any atom is -0.394 e. The Bertz CT molecular complexity index is 403. The lowest BCUT2D eigenvalue weighted by Crippen LogP contribution is -2.44. The normalized spacial score (nSPS) is 22.4. The molecule has 1 aromatic rings. The van der Waals surface area contributed by atoms with Crippen LogP contribution in [0.1, 0.15) is 18.0 Å². The maximum absolute atomic E-state index is 9.11. The van der Waals surface area contributed by atoms with E-state index in [0.717, 1.165) is 36.1 Å². The fourth-order valence-electron chi connectivity index (χ4n) is 2.32. The molecule has 0 bridgehead atoms. The number of halogens is 1. The molecular formula is C14H21BrN2O2. The van der Waals surface area contributed by atoms with Crippen molar-refractivity contribution in [2.75, 3.05) is 32.8 Å². The molecule has 1 fully saturated rings. The molecule has 1 saturated heterocycles. The Kier molecular flexibility index (Phi) is 5.78. The van der Waals surface area contributed by atoms with Crippen LogP contribution in [-0.2, 0) is 4.74 Å². The van der Waals surface area contributed by atoms with Gasteiger partial charge in [0.15, 0.2) is 0 Å². The number of ether oxygens (including phenoxy) is 1. The van der Waals surface area contributed by atoms with Crippen LogP contribution in [0, 0.1) is 0 Å². The van der Waals surface area contributed by atoms with Crippen molar-refractivity contribution in [2.24, 2.45) is 5.73 Å². The van der Waals surface area contributed by atoms with Gasteiger partial charge in [0.05, 0.1) is 19.3 Å². The third kappa shape index (κ3) is 4.54. The van der Waals surface area contributed by atoms with Crippen LogP contribution in [-0.4, -0.2) is 49.0 Å². The highest BCUT2D eigenvalue weighted by atomic mass is 79.9. The summed E-state index contributed by atoms with van der Waals surface area (Å²) in [4.78, 5) is 2.31. The molecule has 4 nitrogen and oxygen atoms in total. The van der Waals surface area contributed by atoms with Gasteiger partial charge in [0, 0.05) is 30.1 Å². The Morgan fingerprint density at radius 1 is 1.53 bits per heavy atom. The maximum atomic E-state index is 9.11. The predicted molar refractivity (Wildman–Crippen MR) is 79.0 cm³/mol. The van der Waals surface area contributed by atoms with E-state index in [4.69, 9.17) is 15.6 Å². The average molecular weight is 329 g/mol. The number of rotatable bonds is 5. The minimum atomic E-state index is -0.0455. The van der Waals surface area contributed by atoms with Crippen LogP contribution in [0.25, 0.3) is 0 Å². The van der Waals surface area contributed by atoms with Crippen molar-refractivity contribution >= 4 is 15.9 Å². The summed E-state index contributed by atoms with van der Waals surface area (Å²) in [6, 6.07) is 8.19. The molecule has 5 heteroatoms. The first kappa shape index (κ1) is 14.9. The quantitative estimate of drug-likeness (QED) is 0.860. The number of benzene rings is 1. The van der Waals surface area contributed by atoms with Crippen molar-refractivity contribution in [1.29, 1.82) is 0 Å². The second-order valence-corrected chi connectivity index (χ2v) is 5.84. The van der Waals surface area contributed by atoms with Gasteiger partial charge in [0.2, 0.25) is 0 Å². The zero-order chi connectivity index (χ0) is 13.7. The molecule has 0 aromatic heterocycles. The van der Waals surface area contributed by atoms with Crippen molar-refractivity contribution in [3.8, 4) is 0 Å². The number of aliphatic hydroxyl groups excluding tert-OH is 1. The number of nitrogens with zero attached hydrogens (tertiary/aromatic N) is 1. The predicted octanol–water partition coefficient (Wildman–Crippen LogP) is 1.53. The van der Waals surface area contributed by atoms with E-state index in [1.165, 1.54) is 0 Å². The van der Waals surface area contributed by atoms with Crippen LogP contribution in [0.3, 0.4) is 0 Å². The number of aliphatic hydroxyl groups is 1. The summed E-state index contributed by atoms with van der Waals surface area (Å²) in [6.45, 7) is 3.43. The number of morpholine rings is 1. The summed E-state index contributed by atoms with van der Waals surface area (Å²) < 4.78 is 6.50. The van der Waals surface area contributed by atoms with Crippen molar-refractivity contribution in [2.45, 2.75) is 18.6 Å². The Labute approximate surface area is 122 Å². The van der Waals surface area contributed by atoms with E-state index in [0.29, 0.717) is 6.61 Å². The Morgan fingerprint density at radius 2 is 2.37 bits per heavy atom. The van der Waals surface area contributed by atoms with E-state index >= 15 is 0 Å². The Balaban J connectivity index is 1.81. The van der Waals surface area contributed by atoms with Gasteiger partial charge in [-0.3, -0.25) is 4.90 Å². The average Bonchev–Trinajstić information content (AvgIpc) is 2.45. The molecule has 0 amide bonds. The van der Waals surface area contributed by atoms with Crippen LogP contribution in [0.2, 0.25) is 0 Å². The van der Waals surface area contributed by atoms with Gasteiger partial charge in [0.1, 0.15) is 0 Å². The fourth-order valence-corrected chi connectivity index (χ4v) is 2.74. The van der Waals surface area contributed by atoms with Gasteiger partial charge >= 0.3 is 0 Å². The van der Waals surface area contributed by atoms with Crippen molar-refractivity contribution in [1.82, 2.24) is 4.90 Å². The van der Waals surface area contributed by atoms with Gasteiger partial charge in [-0.15, -0.1) is 0 Å². The van der Waals surface area contributed by atoms with Gasteiger partial charge in [-0.2, -0.15) is 0 Å². The first-order valence-corrected chi connectivity index (χ1v) is 7.44. The molecule has 2 unspecified atom stereocenters. The highest BCUT2D eigenvalue weighted by Crippen LogP contribution is 2.19. The van der Waals surface area contributed by atoms with Crippen LogP contribution >= 0.6 is 15.9 Å². The number of nitrogens with two attached hydrogens (primary N) is 1. The van der Waals surface area contributed by atoms with Crippen molar-refractivity contribution in [3.05, 3.63) is 34.3 Å². The molecule has 0 saturated carbocycles. The topological polar surface area (TPSA) is 58.7 Å². The van der Waals surface area contributed by atoms with Crippen molar-refractivity contribution < 1.29 is 9.84 Å². The summed E-state index contributed by atoms with van der Waals surface area (Å²) in [5, 5.41) is 9.11. The third-order valence-corrected chi connectivity index (χ3v) is 3.95. The van der Waals surface area contributed by atoms with E-state index in [-0.39, 0.29) is 18.8 Å². The molecule has 2 atom stereocenters. The standard InChI is InChI=1S/C14H21BrN2O2/c15-12-3-1-2-11(8-12)14(16)4-5-17-6-7-19-13(9-17)10-18/h1-3,8,13-14,18H,4-7,9-10,16H2. The lowest BCUT2D eigenvalue weighted by molar-refractivity contribution is -0.0531. The van der Waals surface area contributed by atoms with Crippen molar-refractivity contribution in [3.63, 3.8) is 0 Å². The minimum absolute atomic E-state index is 0.0455. The van der Waals surface area contributed by atoms with Crippen LogP contribution in [0.15, 0.2) is 28.7 Å². The van der Waals surface area contributed by atoms with Gasteiger partial charge in [-0.1, -0.05) is 28.1 Å². The number of hydrogen-bond acceptors (Lipinski definition) is 4. The Morgan fingerprint density at radius 3 is 3.11 bits per heavy atom. The van der Waals surface area contributed by atoms with E-state index in [1.54, 1.807) is 0 Å². The van der Waals surface area contributed by atoms with E-state index in [1.807, 2.05) is 12.1 Å². The van der Waals surface area contributed by atoms with Crippen LogP contribution < -0.4 is 5.73 Å². The zero-order valence-corrected chi connectivity index (χ0v) is 12.6. The van der Waals surface area contributed by atoms with E-state index in [9.17, 15) is 0 Å². The molecule has 0 radical (unpaired) electrons. The lowest BCUT2D eigenvalue weighted by Gasteiger charge is -2.32. The molecule has 3 N–H and O–H groups in total. The molecule has 0 spiro atoms. The summed E-state index contributed by atoms with van der Waals surface area (Å²) in [6.07, 6.45) is 0.866. The van der Waals surface area contributed by atoms with Gasteiger partial charge in [0.25, 0.3) is 0 Å². The zero-order valence-electron chi connectivity index (χ0n) is 11.0. The maximum Gasteiger partial charge on any atom is 0.0932 e. The summed E-state index contributed by atoms with van der Waals surface area (Å²) in [5.74, 6) is 0. The van der Waals surface area contributed by atoms with E-state index < -0.39 is 0 Å². The van der Waals surface area contributed by atoms with Gasteiger partial charge in [-0.05, 0) is 24.1 Å². The molecule has 106 valence electrons. The molecule has 1 aromatic carbocycles. The summed E-state index contributed by atoms with van der Waals surface area (Å²) in [7, 11) is 0. The van der Waals surface area contributed by atoms with Crippen LogP contribution in [0.5, 0.6) is 0 Å². The first-order chi connectivity index (χ1) is 9.19. The molecule has 19 heavy (non-hydrogen) atoms. The molecule has 1 aliphatic heterocycles. The number of hydrogen-bond donors (Lipinski definition) is 2. The molecule has 1 heterocycles. The fraction of sp³-hybridized carbons (Fsp3) is 0.571. The van der Waals surface area contributed by atoms with Gasteiger partial charge < -0.3 is 15.6 Å². The highest BCUT2D eigenvalue weighted by Gasteiger charge is 2.20. The SMILES string of the molecule is NC(CCN1CCOC(CO)C1)c1cccc(Br)c1. The first-order valence-electron chi connectivity index (χ1n) is 6.65. The third-order valence-electron chi connectivity index (χ3n) is 3.46. The molecular weight excluding hydrogens is 308 g/mol. The lowest BCUT2D eigenvalue weighted by atomic mass is 10.0. The second kappa shape index (κ2) is 7.36. The van der Waals surface area contributed by atoms with Gasteiger partial charge in [-0.25, -0.2) is 0 Å². The monoisotopic (exact) mass is 328 g/mol. The van der Waals surface area contributed by atoms with E-state index in [2.05, 4.69) is 33.0 Å². The summed E-state index contributed by atoms with van der Waals surface area (Å²) >= 11 is 3.47. The second-order valence-electron chi connectivity index (χ2n) is 4.93. The molecule has 2 rings (SSSR count). The molecule has 0 aliphatic carbocycles.